The molecule has 3 N–H and O–H groups in total. The van der Waals surface area contributed by atoms with E-state index in [1.165, 1.54) is 12.8 Å². The van der Waals surface area contributed by atoms with E-state index >= 15 is 0 Å². The number of nitrogens with one attached hydrogen (secondary N) is 1. The van der Waals surface area contributed by atoms with Gasteiger partial charge in [0.05, 0.1) is 6.04 Å². The third-order valence-electron chi connectivity index (χ3n) is 3.34. The summed E-state index contributed by atoms with van der Waals surface area (Å²) in [4.78, 5) is 0. The molecular formula is C15H25ClN2O. The molecular weight excluding hydrogens is 260 g/mol. The molecule has 0 bridgehead atoms. The summed E-state index contributed by atoms with van der Waals surface area (Å²) in [5.74, 6) is 7.06. The molecule has 1 rings (SSSR count). The van der Waals surface area contributed by atoms with E-state index in [9.17, 15) is 0 Å². The Morgan fingerprint density at radius 1 is 1.37 bits per heavy atom. The van der Waals surface area contributed by atoms with Crippen molar-refractivity contribution in [3.63, 3.8) is 0 Å². The van der Waals surface area contributed by atoms with Gasteiger partial charge >= 0.3 is 0 Å². The largest absolute Gasteiger partial charge is 0.489 e. The minimum atomic E-state index is 0.00257. The van der Waals surface area contributed by atoms with Crippen molar-refractivity contribution in [1.29, 1.82) is 0 Å². The van der Waals surface area contributed by atoms with E-state index in [0.717, 1.165) is 12.2 Å². The number of rotatable bonds is 8. The smallest absolute Gasteiger partial charge is 0.121 e. The van der Waals surface area contributed by atoms with Gasteiger partial charge in [0.2, 0.25) is 0 Å². The molecule has 3 atom stereocenters. The summed E-state index contributed by atoms with van der Waals surface area (Å²) in [5, 5.41) is 0.682. The second-order valence-corrected chi connectivity index (χ2v) is 5.62. The van der Waals surface area contributed by atoms with Crippen LogP contribution in [-0.4, -0.2) is 12.1 Å². The first-order valence-corrected chi connectivity index (χ1v) is 7.33. The molecule has 0 spiro atoms. The summed E-state index contributed by atoms with van der Waals surface area (Å²) in [6, 6.07) is 7.59. The number of hydrogen-bond acceptors (Lipinski definition) is 3. The molecule has 0 aromatic heterocycles. The van der Waals surface area contributed by atoms with Gasteiger partial charge < -0.3 is 4.74 Å². The Morgan fingerprint density at radius 3 is 2.68 bits per heavy atom. The van der Waals surface area contributed by atoms with Gasteiger partial charge in [-0.2, -0.15) is 0 Å². The van der Waals surface area contributed by atoms with Crippen LogP contribution in [0.15, 0.2) is 24.3 Å². The van der Waals surface area contributed by atoms with Crippen molar-refractivity contribution in [3.8, 4) is 5.75 Å². The Balaban J connectivity index is 2.56. The molecule has 0 amide bonds. The lowest BCUT2D eigenvalue weighted by molar-refractivity contribution is 0.153. The van der Waals surface area contributed by atoms with Gasteiger partial charge in [-0.25, -0.2) is 0 Å². The number of hydrogen-bond donors (Lipinski definition) is 2. The Hall–Kier alpha value is -0.770. The molecule has 0 heterocycles. The van der Waals surface area contributed by atoms with Crippen molar-refractivity contribution in [1.82, 2.24) is 5.43 Å². The second kappa shape index (κ2) is 8.41. The molecule has 4 heteroatoms. The first-order chi connectivity index (χ1) is 9.06. The predicted octanol–water partition coefficient (Wildman–Crippen LogP) is 3.77. The molecule has 108 valence electrons. The first-order valence-electron chi connectivity index (χ1n) is 6.95. The van der Waals surface area contributed by atoms with Crippen LogP contribution in [-0.2, 0) is 0 Å². The monoisotopic (exact) mass is 284 g/mol. The Bertz CT molecular complexity index is 373. The molecule has 0 saturated heterocycles. The van der Waals surface area contributed by atoms with Crippen LogP contribution >= 0.6 is 11.6 Å². The molecule has 0 fully saturated rings. The van der Waals surface area contributed by atoms with E-state index in [2.05, 4.69) is 19.3 Å². The van der Waals surface area contributed by atoms with Crippen LogP contribution in [0, 0.1) is 5.92 Å². The van der Waals surface area contributed by atoms with Gasteiger partial charge in [0.1, 0.15) is 11.9 Å². The SMILES string of the molecule is CCCC(C)CC(NN)C(C)Oc1cccc(Cl)c1. The minimum absolute atomic E-state index is 0.00257. The summed E-state index contributed by atoms with van der Waals surface area (Å²) < 4.78 is 5.90. The average Bonchev–Trinajstić information content (AvgIpc) is 2.36. The van der Waals surface area contributed by atoms with E-state index in [1.807, 2.05) is 31.2 Å². The highest BCUT2D eigenvalue weighted by molar-refractivity contribution is 6.30. The first kappa shape index (κ1) is 16.3. The molecule has 0 aliphatic heterocycles. The Labute approximate surface area is 121 Å². The zero-order chi connectivity index (χ0) is 14.3. The van der Waals surface area contributed by atoms with Gasteiger partial charge in [0, 0.05) is 5.02 Å². The minimum Gasteiger partial charge on any atom is -0.489 e. The molecule has 0 saturated carbocycles. The van der Waals surface area contributed by atoms with E-state index in [1.54, 1.807) is 0 Å². The van der Waals surface area contributed by atoms with Crippen LogP contribution in [0.3, 0.4) is 0 Å². The van der Waals surface area contributed by atoms with Gasteiger partial charge in [-0.1, -0.05) is 44.4 Å². The van der Waals surface area contributed by atoms with Crippen LogP contribution < -0.4 is 16.0 Å². The number of nitrogens with two attached hydrogens (primary N) is 1. The van der Waals surface area contributed by atoms with Crippen LogP contribution in [0.1, 0.15) is 40.0 Å². The molecule has 3 nitrogen and oxygen atoms in total. The zero-order valence-corrected chi connectivity index (χ0v) is 12.8. The van der Waals surface area contributed by atoms with Crippen molar-refractivity contribution in [2.45, 2.75) is 52.2 Å². The van der Waals surface area contributed by atoms with Gasteiger partial charge in [-0.3, -0.25) is 11.3 Å². The molecule has 1 aromatic carbocycles. The van der Waals surface area contributed by atoms with Gasteiger partial charge in [0.15, 0.2) is 0 Å². The fraction of sp³-hybridized carbons (Fsp3) is 0.600. The van der Waals surface area contributed by atoms with Crippen molar-refractivity contribution in [2.24, 2.45) is 11.8 Å². The molecule has 3 unspecified atom stereocenters. The highest BCUT2D eigenvalue weighted by Crippen LogP contribution is 2.21. The molecule has 0 aliphatic rings. The standard InChI is InChI=1S/C15H25ClN2O/c1-4-6-11(2)9-15(18-17)12(3)19-14-8-5-7-13(16)10-14/h5,7-8,10-12,15,18H,4,6,9,17H2,1-3H3. The third-order valence-corrected chi connectivity index (χ3v) is 3.57. The van der Waals surface area contributed by atoms with Crippen LogP contribution in [0.5, 0.6) is 5.75 Å². The summed E-state index contributed by atoms with van der Waals surface area (Å²) >= 11 is 5.95. The van der Waals surface area contributed by atoms with E-state index in [-0.39, 0.29) is 12.1 Å². The highest BCUT2D eigenvalue weighted by atomic mass is 35.5. The third kappa shape index (κ3) is 5.81. The molecule has 0 radical (unpaired) electrons. The number of benzene rings is 1. The second-order valence-electron chi connectivity index (χ2n) is 5.18. The summed E-state index contributed by atoms with van der Waals surface area (Å²) in [7, 11) is 0. The van der Waals surface area contributed by atoms with E-state index < -0.39 is 0 Å². The lowest BCUT2D eigenvalue weighted by atomic mass is 9.95. The quantitative estimate of drug-likeness (QED) is 0.564. The maximum atomic E-state index is 5.95. The predicted molar refractivity (Wildman–Crippen MR) is 81.3 cm³/mol. The molecule has 1 aromatic rings. The van der Waals surface area contributed by atoms with Crippen molar-refractivity contribution in [2.75, 3.05) is 0 Å². The fourth-order valence-corrected chi connectivity index (χ4v) is 2.46. The number of halogens is 1. The topological polar surface area (TPSA) is 47.3 Å². The lowest BCUT2D eigenvalue weighted by Gasteiger charge is -2.26. The number of hydrazine groups is 1. The van der Waals surface area contributed by atoms with Crippen molar-refractivity contribution in [3.05, 3.63) is 29.3 Å². The molecule has 19 heavy (non-hydrogen) atoms. The van der Waals surface area contributed by atoms with Crippen molar-refractivity contribution >= 4 is 11.6 Å². The maximum absolute atomic E-state index is 5.95. The number of ether oxygens (including phenoxy) is 1. The van der Waals surface area contributed by atoms with E-state index in [4.69, 9.17) is 22.2 Å². The highest BCUT2D eigenvalue weighted by Gasteiger charge is 2.20. The lowest BCUT2D eigenvalue weighted by Crippen LogP contribution is -2.46. The normalized spacial score (nSPS) is 15.8. The van der Waals surface area contributed by atoms with Crippen LogP contribution in [0.2, 0.25) is 5.02 Å². The summed E-state index contributed by atoms with van der Waals surface area (Å²) in [6.45, 7) is 6.48. The van der Waals surface area contributed by atoms with E-state index in [0.29, 0.717) is 10.9 Å². The average molecular weight is 285 g/mol. The van der Waals surface area contributed by atoms with Gasteiger partial charge in [-0.05, 0) is 37.5 Å². The summed E-state index contributed by atoms with van der Waals surface area (Å²) in [6.07, 6.45) is 3.42. The maximum Gasteiger partial charge on any atom is 0.121 e. The molecule has 0 aliphatic carbocycles. The Morgan fingerprint density at radius 2 is 2.11 bits per heavy atom. The Kier molecular flexibility index (Phi) is 7.21. The summed E-state index contributed by atoms with van der Waals surface area (Å²) in [5.41, 5.74) is 2.87. The van der Waals surface area contributed by atoms with Gasteiger partial charge in [0.25, 0.3) is 0 Å². The van der Waals surface area contributed by atoms with Gasteiger partial charge in [-0.15, -0.1) is 0 Å². The van der Waals surface area contributed by atoms with Crippen LogP contribution in [0.4, 0.5) is 0 Å². The van der Waals surface area contributed by atoms with Crippen LogP contribution in [0.25, 0.3) is 0 Å². The van der Waals surface area contributed by atoms with Crippen molar-refractivity contribution < 1.29 is 4.74 Å². The zero-order valence-electron chi connectivity index (χ0n) is 12.0. The fourth-order valence-electron chi connectivity index (χ4n) is 2.28.